The fraction of sp³-hybridized carbons (Fsp3) is 0.826. The van der Waals surface area contributed by atoms with Crippen LogP contribution < -0.4 is 0 Å². The van der Waals surface area contributed by atoms with Crippen molar-refractivity contribution in [1.29, 1.82) is 0 Å². The average Bonchev–Trinajstić information content (AvgIpc) is 2.58. The molecular weight excluding hydrogens is 364 g/mol. The van der Waals surface area contributed by atoms with Crippen LogP contribution in [0.2, 0.25) is 39.3 Å². The van der Waals surface area contributed by atoms with E-state index in [0.29, 0.717) is 0 Å². The molecule has 0 spiro atoms. The molecule has 0 N–H and O–H groups in total. The highest BCUT2D eigenvalue weighted by Crippen LogP contribution is 2.57. The normalized spacial score (nSPS) is 20.5. The molecule has 1 aliphatic rings. The van der Waals surface area contributed by atoms with E-state index >= 15 is 0 Å². The molecule has 0 aromatic heterocycles. The van der Waals surface area contributed by atoms with Crippen LogP contribution in [0.1, 0.15) is 62.3 Å². The van der Waals surface area contributed by atoms with E-state index in [-0.39, 0.29) is 22.2 Å². The Morgan fingerprint density at radius 3 is 1.30 bits per heavy atom. The molecule has 0 aromatic rings. The van der Waals surface area contributed by atoms with Gasteiger partial charge in [-0.3, -0.25) is 0 Å². The number of hydrogen-bond donors (Lipinski definition) is 0. The topological polar surface area (TPSA) is 18.5 Å². The third-order valence-corrected chi connectivity index (χ3v) is 6.17. The molecule has 0 radical (unpaired) electrons. The minimum absolute atomic E-state index is 0.00560. The third-order valence-electron chi connectivity index (χ3n) is 4.52. The Morgan fingerprint density at radius 1 is 0.630 bits per heavy atom. The van der Waals surface area contributed by atoms with Gasteiger partial charge >= 0.3 is 0 Å². The fourth-order valence-corrected chi connectivity index (χ4v) is 5.56. The molecule has 0 bridgehead atoms. The van der Waals surface area contributed by atoms with Gasteiger partial charge in [0.1, 0.15) is 11.5 Å². The van der Waals surface area contributed by atoms with Crippen molar-refractivity contribution < 1.29 is 8.85 Å². The SMILES string of the molecule is CC(C)(C)C1=C(C(C)(C)C)C(C(C)(C)C)C(O[Si](C)(C)C)=C1O[Si](C)(C)C. The van der Waals surface area contributed by atoms with E-state index in [9.17, 15) is 0 Å². The van der Waals surface area contributed by atoms with Crippen LogP contribution in [0.4, 0.5) is 0 Å². The van der Waals surface area contributed by atoms with Gasteiger partial charge in [0.25, 0.3) is 0 Å². The maximum Gasteiger partial charge on any atom is 0.242 e. The van der Waals surface area contributed by atoms with Crippen molar-refractivity contribution in [2.24, 2.45) is 22.2 Å². The Bertz CT molecular complexity index is 622. The number of allylic oxidation sites excluding steroid dienone is 2. The lowest BCUT2D eigenvalue weighted by molar-refractivity contribution is 0.210. The number of hydrogen-bond acceptors (Lipinski definition) is 2. The van der Waals surface area contributed by atoms with Crippen LogP contribution in [-0.2, 0) is 8.85 Å². The zero-order valence-corrected chi connectivity index (χ0v) is 22.9. The second-order valence-electron chi connectivity index (χ2n) is 13.2. The van der Waals surface area contributed by atoms with Crippen LogP contribution in [0.3, 0.4) is 0 Å². The first-order valence-corrected chi connectivity index (χ1v) is 17.2. The lowest BCUT2D eigenvalue weighted by Gasteiger charge is -2.39. The van der Waals surface area contributed by atoms with E-state index in [2.05, 4.69) is 102 Å². The minimum Gasteiger partial charge on any atom is -0.544 e. The Kier molecular flexibility index (Phi) is 6.44. The van der Waals surface area contributed by atoms with Crippen LogP contribution >= 0.6 is 0 Å². The minimum atomic E-state index is -1.79. The molecule has 0 aromatic carbocycles. The molecule has 0 fully saturated rings. The summed E-state index contributed by atoms with van der Waals surface area (Å²) in [6.45, 7) is 34.7. The summed E-state index contributed by atoms with van der Waals surface area (Å²) in [5, 5.41) is 0. The molecule has 1 aliphatic carbocycles. The first-order valence-electron chi connectivity index (χ1n) is 10.4. The molecule has 4 heteroatoms. The number of rotatable bonds is 4. The van der Waals surface area contributed by atoms with E-state index < -0.39 is 16.6 Å². The van der Waals surface area contributed by atoms with Gasteiger partial charge in [-0.15, -0.1) is 0 Å². The van der Waals surface area contributed by atoms with E-state index in [1.165, 1.54) is 11.1 Å². The lowest BCUT2D eigenvalue weighted by Crippen LogP contribution is -2.34. The first kappa shape index (κ1) is 24.6. The van der Waals surface area contributed by atoms with Crippen molar-refractivity contribution in [2.75, 3.05) is 0 Å². The van der Waals surface area contributed by atoms with Crippen molar-refractivity contribution >= 4 is 16.6 Å². The lowest BCUT2D eigenvalue weighted by atomic mass is 9.66. The molecule has 1 rings (SSSR count). The molecule has 0 amide bonds. The van der Waals surface area contributed by atoms with Crippen LogP contribution in [0.5, 0.6) is 0 Å². The fourth-order valence-electron chi connectivity index (χ4n) is 3.87. The predicted octanol–water partition coefficient (Wildman–Crippen LogP) is 7.97. The molecule has 2 nitrogen and oxygen atoms in total. The maximum atomic E-state index is 6.82. The molecule has 0 heterocycles. The molecule has 27 heavy (non-hydrogen) atoms. The summed E-state index contributed by atoms with van der Waals surface area (Å²) in [7, 11) is -3.58. The third kappa shape index (κ3) is 6.25. The summed E-state index contributed by atoms with van der Waals surface area (Å²) in [5.74, 6) is 2.43. The second kappa shape index (κ2) is 7.09. The van der Waals surface area contributed by atoms with Crippen molar-refractivity contribution in [2.45, 2.75) is 102 Å². The molecule has 0 saturated carbocycles. The molecule has 158 valence electrons. The first-order chi connectivity index (χ1) is 11.6. The highest BCUT2D eigenvalue weighted by molar-refractivity contribution is 6.70. The second-order valence-corrected chi connectivity index (χ2v) is 22.1. The zero-order valence-electron chi connectivity index (χ0n) is 20.9. The Morgan fingerprint density at radius 2 is 1.04 bits per heavy atom. The van der Waals surface area contributed by atoms with E-state index in [1.807, 2.05) is 0 Å². The summed E-state index contributed by atoms with van der Waals surface area (Å²) in [4.78, 5) is 0. The van der Waals surface area contributed by atoms with E-state index in [1.54, 1.807) is 0 Å². The highest BCUT2D eigenvalue weighted by Gasteiger charge is 2.50. The van der Waals surface area contributed by atoms with E-state index in [4.69, 9.17) is 8.85 Å². The Balaban J connectivity index is 3.96. The summed E-state index contributed by atoms with van der Waals surface area (Å²) in [5.41, 5.74) is 3.01. The van der Waals surface area contributed by atoms with Crippen molar-refractivity contribution in [3.63, 3.8) is 0 Å². The summed E-state index contributed by atoms with van der Waals surface area (Å²) >= 11 is 0. The van der Waals surface area contributed by atoms with Gasteiger partial charge in [-0.2, -0.15) is 0 Å². The smallest absolute Gasteiger partial charge is 0.242 e. The van der Waals surface area contributed by atoms with Crippen molar-refractivity contribution in [3.05, 3.63) is 22.7 Å². The largest absolute Gasteiger partial charge is 0.544 e. The van der Waals surface area contributed by atoms with Gasteiger partial charge in [0.05, 0.1) is 0 Å². The highest BCUT2D eigenvalue weighted by atomic mass is 28.4. The van der Waals surface area contributed by atoms with Crippen LogP contribution in [0.25, 0.3) is 0 Å². The van der Waals surface area contributed by atoms with Crippen molar-refractivity contribution in [3.8, 4) is 0 Å². The van der Waals surface area contributed by atoms with Crippen LogP contribution in [-0.4, -0.2) is 16.6 Å². The standard InChI is InChI=1S/C23H46O2Si2/c1-21(2,3)16-17(22(4,5)6)19(24-26(10,11)12)20(25-27(13,14)15)18(16)23(7,8)9/h17H,1-15H3. The van der Waals surface area contributed by atoms with Gasteiger partial charge in [0.2, 0.25) is 16.6 Å². The molecule has 0 aliphatic heterocycles. The zero-order chi connectivity index (χ0) is 21.8. The molecule has 1 atom stereocenters. The van der Waals surface area contributed by atoms with Crippen LogP contribution in [0, 0.1) is 22.2 Å². The Hall–Kier alpha value is -0.486. The van der Waals surface area contributed by atoms with E-state index in [0.717, 1.165) is 11.5 Å². The van der Waals surface area contributed by atoms with Gasteiger partial charge in [-0.1, -0.05) is 62.3 Å². The Labute approximate surface area is 172 Å². The predicted molar refractivity (Wildman–Crippen MR) is 125 cm³/mol. The van der Waals surface area contributed by atoms with Crippen LogP contribution in [0.15, 0.2) is 22.7 Å². The van der Waals surface area contributed by atoms with Gasteiger partial charge in [0, 0.05) is 11.5 Å². The van der Waals surface area contributed by atoms with Gasteiger partial charge in [-0.25, -0.2) is 0 Å². The maximum absolute atomic E-state index is 6.82. The van der Waals surface area contributed by atoms with Crippen molar-refractivity contribution in [1.82, 2.24) is 0 Å². The monoisotopic (exact) mass is 410 g/mol. The molecule has 0 saturated heterocycles. The quantitative estimate of drug-likeness (QED) is 0.437. The van der Waals surface area contributed by atoms with Gasteiger partial charge < -0.3 is 8.85 Å². The summed E-state index contributed by atoms with van der Waals surface area (Å²) in [6.07, 6.45) is 0. The molecular formula is C23H46O2Si2. The average molecular weight is 411 g/mol. The summed E-state index contributed by atoms with van der Waals surface area (Å²) < 4.78 is 13.6. The van der Waals surface area contributed by atoms with Gasteiger partial charge in [-0.05, 0) is 61.1 Å². The molecule has 1 unspecified atom stereocenters. The van der Waals surface area contributed by atoms with Gasteiger partial charge in [0.15, 0.2) is 0 Å². The summed E-state index contributed by atoms with van der Waals surface area (Å²) in [6, 6.07) is 0.